The summed E-state index contributed by atoms with van der Waals surface area (Å²) in [5.41, 5.74) is 4.46. The quantitative estimate of drug-likeness (QED) is 0.387. The number of methoxy groups -OCH3 is 1. The van der Waals surface area contributed by atoms with Gasteiger partial charge < -0.3 is 14.8 Å². The lowest BCUT2D eigenvalue weighted by atomic mass is 10.2. The molecule has 0 aromatic heterocycles. The fourth-order valence-corrected chi connectivity index (χ4v) is 2.54. The zero-order valence-corrected chi connectivity index (χ0v) is 17.5. The molecule has 7 nitrogen and oxygen atoms in total. The summed E-state index contributed by atoms with van der Waals surface area (Å²) >= 11 is 6.02. The summed E-state index contributed by atoms with van der Waals surface area (Å²) in [6.45, 7) is 5.71. The van der Waals surface area contributed by atoms with E-state index in [9.17, 15) is 9.59 Å². The van der Waals surface area contributed by atoms with Crippen molar-refractivity contribution in [2.24, 2.45) is 5.10 Å². The van der Waals surface area contributed by atoms with E-state index in [2.05, 4.69) is 15.8 Å². The predicted octanol–water partition coefficient (Wildman–Crippen LogP) is 3.92. The molecule has 0 heterocycles. The third-order valence-electron chi connectivity index (χ3n) is 3.73. The third kappa shape index (κ3) is 7.12. The van der Waals surface area contributed by atoms with E-state index < -0.39 is 11.8 Å². The van der Waals surface area contributed by atoms with Crippen LogP contribution in [0.4, 0.5) is 5.69 Å². The number of nitrogens with one attached hydrogen (secondary N) is 2. The fraction of sp³-hybridized carbons (Fsp3) is 0.286. The monoisotopic (exact) mass is 417 g/mol. The van der Waals surface area contributed by atoms with Crippen molar-refractivity contribution in [2.45, 2.75) is 33.3 Å². The second-order valence-corrected chi connectivity index (χ2v) is 6.97. The molecule has 0 unspecified atom stereocenters. The van der Waals surface area contributed by atoms with Crippen molar-refractivity contribution in [3.63, 3.8) is 0 Å². The first-order valence-electron chi connectivity index (χ1n) is 9.01. The van der Waals surface area contributed by atoms with Crippen molar-refractivity contribution in [3.05, 3.63) is 52.5 Å². The summed E-state index contributed by atoms with van der Waals surface area (Å²) in [5, 5.41) is 7.03. The summed E-state index contributed by atoms with van der Waals surface area (Å²) < 4.78 is 11.0. The van der Waals surface area contributed by atoms with Gasteiger partial charge in [0, 0.05) is 10.7 Å². The standard InChI is InChI=1S/C21H24ClN3O4/c1-13(2)29-18-8-6-15(9-19(18)28-4)12-23-25-21(27)11-20(26)24-16-7-5-14(3)17(22)10-16/h5-10,12-13H,11H2,1-4H3,(H,24,26)(H,25,27). The molecule has 2 rings (SSSR count). The summed E-state index contributed by atoms with van der Waals surface area (Å²) in [6.07, 6.45) is 1.11. The topological polar surface area (TPSA) is 89.0 Å². The van der Waals surface area contributed by atoms with Crippen molar-refractivity contribution in [2.75, 3.05) is 12.4 Å². The molecule has 8 heteroatoms. The summed E-state index contributed by atoms with van der Waals surface area (Å²) in [6, 6.07) is 10.4. The molecule has 29 heavy (non-hydrogen) atoms. The van der Waals surface area contributed by atoms with E-state index in [1.165, 1.54) is 6.21 Å². The molecule has 2 aromatic rings. The molecule has 0 bridgehead atoms. The largest absolute Gasteiger partial charge is 0.493 e. The van der Waals surface area contributed by atoms with Crippen molar-refractivity contribution in [3.8, 4) is 11.5 Å². The lowest BCUT2D eigenvalue weighted by Gasteiger charge is -2.13. The maximum Gasteiger partial charge on any atom is 0.249 e. The number of carbonyl (C=O) groups is 2. The Hall–Kier alpha value is -3.06. The molecule has 0 spiro atoms. The van der Waals surface area contributed by atoms with E-state index in [0.29, 0.717) is 27.8 Å². The molecule has 2 N–H and O–H groups in total. The number of carbonyl (C=O) groups excluding carboxylic acids is 2. The number of hydrazone groups is 1. The normalized spacial score (nSPS) is 10.8. The summed E-state index contributed by atoms with van der Waals surface area (Å²) in [5.74, 6) is 0.180. The zero-order chi connectivity index (χ0) is 21.4. The number of ether oxygens (including phenoxy) is 2. The van der Waals surface area contributed by atoms with E-state index in [0.717, 1.165) is 5.56 Å². The van der Waals surface area contributed by atoms with Gasteiger partial charge >= 0.3 is 0 Å². The van der Waals surface area contributed by atoms with Crippen LogP contribution in [0.1, 0.15) is 31.4 Å². The molecular formula is C21H24ClN3O4. The number of hydrogen-bond acceptors (Lipinski definition) is 5. The van der Waals surface area contributed by atoms with Crippen LogP contribution in [0, 0.1) is 6.92 Å². The highest BCUT2D eigenvalue weighted by molar-refractivity contribution is 6.31. The third-order valence-corrected chi connectivity index (χ3v) is 4.14. The Labute approximate surface area is 175 Å². The minimum atomic E-state index is -0.538. The van der Waals surface area contributed by atoms with E-state index in [-0.39, 0.29) is 12.5 Å². The maximum absolute atomic E-state index is 12.0. The smallest absolute Gasteiger partial charge is 0.249 e. The van der Waals surface area contributed by atoms with Crippen LogP contribution in [-0.4, -0.2) is 31.2 Å². The van der Waals surface area contributed by atoms with Crippen LogP contribution < -0.4 is 20.2 Å². The number of benzene rings is 2. The Morgan fingerprint density at radius 2 is 1.90 bits per heavy atom. The molecular weight excluding hydrogens is 394 g/mol. The lowest BCUT2D eigenvalue weighted by Crippen LogP contribution is -2.24. The lowest BCUT2D eigenvalue weighted by molar-refractivity contribution is -0.126. The Morgan fingerprint density at radius 1 is 1.14 bits per heavy atom. The number of anilines is 1. The summed E-state index contributed by atoms with van der Waals surface area (Å²) in [7, 11) is 1.55. The van der Waals surface area contributed by atoms with Crippen molar-refractivity contribution >= 4 is 35.3 Å². The first-order valence-corrected chi connectivity index (χ1v) is 9.39. The van der Waals surface area contributed by atoms with Crippen LogP contribution in [0.3, 0.4) is 0 Å². The highest BCUT2D eigenvalue weighted by Gasteiger charge is 2.10. The van der Waals surface area contributed by atoms with Gasteiger partial charge in [-0.05, 0) is 62.2 Å². The minimum absolute atomic E-state index is 0.0183. The number of nitrogens with zero attached hydrogens (tertiary/aromatic N) is 1. The van der Waals surface area contributed by atoms with Gasteiger partial charge in [0.25, 0.3) is 0 Å². The molecule has 0 aliphatic rings. The molecule has 2 aromatic carbocycles. The van der Waals surface area contributed by atoms with Crippen molar-refractivity contribution in [1.29, 1.82) is 0 Å². The van der Waals surface area contributed by atoms with E-state index in [1.807, 2.05) is 20.8 Å². The van der Waals surface area contributed by atoms with E-state index in [4.69, 9.17) is 21.1 Å². The first kappa shape index (κ1) is 22.2. The number of rotatable bonds is 8. The number of halogens is 1. The van der Waals surface area contributed by atoms with Crippen molar-refractivity contribution in [1.82, 2.24) is 5.43 Å². The number of hydrogen-bond donors (Lipinski definition) is 2. The Kier molecular flexibility index (Phi) is 8.03. The molecule has 0 fully saturated rings. The van der Waals surface area contributed by atoms with Gasteiger partial charge in [-0.1, -0.05) is 17.7 Å². The van der Waals surface area contributed by atoms with Gasteiger partial charge in [0.1, 0.15) is 6.42 Å². The highest BCUT2D eigenvalue weighted by Crippen LogP contribution is 2.28. The van der Waals surface area contributed by atoms with Crippen LogP contribution >= 0.6 is 11.6 Å². The average Bonchev–Trinajstić information content (AvgIpc) is 2.65. The van der Waals surface area contributed by atoms with Gasteiger partial charge in [0.15, 0.2) is 11.5 Å². The molecule has 0 atom stereocenters. The molecule has 0 saturated carbocycles. The predicted molar refractivity (Wildman–Crippen MR) is 114 cm³/mol. The van der Waals surface area contributed by atoms with Crippen LogP contribution in [-0.2, 0) is 9.59 Å². The molecule has 0 saturated heterocycles. The molecule has 2 amide bonds. The van der Waals surface area contributed by atoms with E-state index >= 15 is 0 Å². The van der Waals surface area contributed by atoms with Gasteiger partial charge in [-0.2, -0.15) is 5.10 Å². The van der Waals surface area contributed by atoms with E-state index in [1.54, 1.807) is 43.5 Å². The van der Waals surface area contributed by atoms with Crippen LogP contribution in [0.5, 0.6) is 11.5 Å². The zero-order valence-electron chi connectivity index (χ0n) is 16.8. The van der Waals surface area contributed by atoms with Gasteiger partial charge in [0.05, 0.1) is 19.4 Å². The molecule has 0 aliphatic carbocycles. The highest BCUT2D eigenvalue weighted by atomic mass is 35.5. The SMILES string of the molecule is COc1cc(C=NNC(=O)CC(=O)Nc2ccc(C)c(Cl)c2)ccc1OC(C)C. The van der Waals surface area contributed by atoms with Crippen LogP contribution in [0.2, 0.25) is 5.02 Å². The van der Waals surface area contributed by atoms with Gasteiger partial charge in [-0.15, -0.1) is 0 Å². The fourth-order valence-electron chi connectivity index (χ4n) is 2.36. The Morgan fingerprint density at radius 3 is 2.55 bits per heavy atom. The second-order valence-electron chi connectivity index (χ2n) is 6.56. The maximum atomic E-state index is 12.0. The van der Waals surface area contributed by atoms with Gasteiger partial charge in [-0.3, -0.25) is 9.59 Å². The van der Waals surface area contributed by atoms with Gasteiger partial charge in [0.2, 0.25) is 11.8 Å². The Bertz CT molecular complexity index is 913. The summed E-state index contributed by atoms with van der Waals surface area (Å²) in [4.78, 5) is 23.9. The number of amides is 2. The van der Waals surface area contributed by atoms with Crippen molar-refractivity contribution < 1.29 is 19.1 Å². The van der Waals surface area contributed by atoms with Crippen LogP contribution in [0.15, 0.2) is 41.5 Å². The molecule has 0 aliphatic heterocycles. The second kappa shape index (κ2) is 10.5. The molecule has 154 valence electrons. The molecule has 0 radical (unpaired) electrons. The van der Waals surface area contributed by atoms with Gasteiger partial charge in [-0.25, -0.2) is 5.43 Å². The average molecular weight is 418 g/mol. The number of aryl methyl sites for hydroxylation is 1. The minimum Gasteiger partial charge on any atom is -0.493 e. The Balaban J connectivity index is 1.88. The van der Waals surface area contributed by atoms with Crippen LogP contribution in [0.25, 0.3) is 0 Å². The first-order chi connectivity index (χ1) is 13.8.